The van der Waals surface area contributed by atoms with Gasteiger partial charge in [0.05, 0.1) is 6.61 Å². The third-order valence-electron chi connectivity index (χ3n) is 4.12. The molecule has 0 bridgehead atoms. The molecule has 1 unspecified atom stereocenters. The Labute approximate surface area is 168 Å². The number of benzene rings is 2. The Hall–Kier alpha value is -3.52. The molecule has 0 spiro atoms. The summed E-state index contributed by atoms with van der Waals surface area (Å²) in [5, 5.41) is 9.51. The molecule has 2 N–H and O–H groups in total. The zero-order valence-electron chi connectivity index (χ0n) is 16.1. The number of ether oxygens (including phenoxy) is 1. The zero-order chi connectivity index (χ0) is 20.5. The van der Waals surface area contributed by atoms with Crippen LogP contribution in [0.15, 0.2) is 67.0 Å². The molecule has 3 aromatic rings. The molecule has 8 nitrogen and oxygen atoms in total. The maximum Gasteiger partial charge on any atom is 0.255 e. The van der Waals surface area contributed by atoms with E-state index in [0.717, 1.165) is 11.1 Å². The predicted octanol–water partition coefficient (Wildman–Crippen LogP) is 2.14. The molecule has 1 aromatic heterocycles. The van der Waals surface area contributed by atoms with Crippen LogP contribution >= 0.6 is 0 Å². The van der Waals surface area contributed by atoms with Crippen LogP contribution in [-0.4, -0.2) is 32.7 Å². The van der Waals surface area contributed by atoms with Gasteiger partial charge in [0.25, 0.3) is 5.91 Å². The molecule has 1 heterocycles. The molecule has 0 fully saturated rings. The molecule has 150 valence electrons. The van der Waals surface area contributed by atoms with Crippen molar-refractivity contribution in [3.63, 3.8) is 0 Å². The van der Waals surface area contributed by atoms with Crippen LogP contribution in [0.2, 0.25) is 0 Å². The molecule has 29 heavy (non-hydrogen) atoms. The largest absolute Gasteiger partial charge is 0.364 e. The first-order valence-electron chi connectivity index (χ1n) is 9.26. The van der Waals surface area contributed by atoms with Crippen LogP contribution in [0.1, 0.15) is 18.1 Å². The highest BCUT2D eigenvalue weighted by Gasteiger charge is 2.16. The smallest absolute Gasteiger partial charge is 0.255 e. The lowest BCUT2D eigenvalue weighted by molar-refractivity contribution is -0.127. The van der Waals surface area contributed by atoms with E-state index in [0.29, 0.717) is 13.2 Å². The summed E-state index contributed by atoms with van der Waals surface area (Å²) in [5.41, 5.74) is 1.99. The normalized spacial score (nSPS) is 11.6. The first-order chi connectivity index (χ1) is 14.1. The number of carbonyl (C=O) groups is 2. The third-order valence-corrected chi connectivity index (χ3v) is 4.12. The van der Waals surface area contributed by atoms with Gasteiger partial charge in [0.1, 0.15) is 19.0 Å². The fourth-order valence-electron chi connectivity index (χ4n) is 2.51. The van der Waals surface area contributed by atoms with Crippen molar-refractivity contribution in [2.45, 2.75) is 32.7 Å². The average Bonchev–Trinajstić information content (AvgIpc) is 3.18. The van der Waals surface area contributed by atoms with Crippen molar-refractivity contribution in [3.8, 4) is 0 Å². The van der Waals surface area contributed by atoms with Gasteiger partial charge >= 0.3 is 0 Å². The molecular weight excluding hydrogens is 370 g/mol. The third kappa shape index (κ3) is 6.54. The van der Waals surface area contributed by atoms with Gasteiger partial charge in [-0.25, -0.2) is 9.67 Å². The Morgan fingerprint density at radius 2 is 1.69 bits per heavy atom. The Kier molecular flexibility index (Phi) is 7.07. The first-order valence-corrected chi connectivity index (χ1v) is 9.26. The minimum atomic E-state index is -0.670. The lowest BCUT2D eigenvalue weighted by atomic mass is 10.2. The Morgan fingerprint density at radius 1 is 1.03 bits per heavy atom. The van der Waals surface area contributed by atoms with Crippen LogP contribution in [-0.2, 0) is 34.0 Å². The van der Waals surface area contributed by atoms with E-state index in [-0.39, 0.29) is 24.3 Å². The van der Waals surface area contributed by atoms with Crippen LogP contribution in [0.25, 0.3) is 0 Å². The maximum atomic E-state index is 12.2. The van der Waals surface area contributed by atoms with Gasteiger partial charge in [0.15, 0.2) is 0 Å². The fourth-order valence-corrected chi connectivity index (χ4v) is 2.51. The summed E-state index contributed by atoms with van der Waals surface area (Å²) >= 11 is 0. The van der Waals surface area contributed by atoms with Crippen molar-refractivity contribution in [2.75, 3.05) is 5.32 Å². The second-order valence-electron chi connectivity index (χ2n) is 6.46. The van der Waals surface area contributed by atoms with E-state index in [1.807, 2.05) is 60.7 Å². The van der Waals surface area contributed by atoms with Gasteiger partial charge in [0, 0.05) is 6.54 Å². The average molecular weight is 393 g/mol. The Bertz CT molecular complexity index is 928. The second-order valence-corrected chi connectivity index (χ2v) is 6.46. The molecule has 0 aliphatic heterocycles. The molecule has 2 amide bonds. The van der Waals surface area contributed by atoms with E-state index in [9.17, 15) is 9.59 Å². The van der Waals surface area contributed by atoms with Crippen LogP contribution in [0, 0.1) is 0 Å². The van der Waals surface area contributed by atoms with E-state index >= 15 is 0 Å². The highest BCUT2D eigenvalue weighted by Crippen LogP contribution is 2.05. The summed E-state index contributed by atoms with van der Waals surface area (Å²) in [5.74, 6) is -0.426. The van der Waals surface area contributed by atoms with Gasteiger partial charge in [0.2, 0.25) is 11.9 Å². The van der Waals surface area contributed by atoms with Crippen molar-refractivity contribution in [3.05, 3.63) is 78.1 Å². The number of aromatic nitrogens is 3. The lowest BCUT2D eigenvalue weighted by Gasteiger charge is -2.11. The van der Waals surface area contributed by atoms with Crippen molar-refractivity contribution in [2.24, 2.45) is 0 Å². The molecular formula is C21H23N5O3. The minimum absolute atomic E-state index is 0.00969. The number of nitrogens with one attached hydrogen (secondary N) is 2. The summed E-state index contributed by atoms with van der Waals surface area (Å²) < 4.78 is 6.94. The van der Waals surface area contributed by atoms with E-state index in [1.165, 1.54) is 11.0 Å². The van der Waals surface area contributed by atoms with Crippen molar-refractivity contribution >= 4 is 17.8 Å². The zero-order valence-corrected chi connectivity index (χ0v) is 16.1. The highest BCUT2D eigenvalue weighted by atomic mass is 16.5. The van der Waals surface area contributed by atoms with Crippen LogP contribution < -0.4 is 10.6 Å². The quantitative estimate of drug-likeness (QED) is 0.580. The fraction of sp³-hybridized carbons (Fsp3) is 0.238. The van der Waals surface area contributed by atoms with E-state index in [2.05, 4.69) is 20.7 Å². The number of anilines is 1. The molecule has 1 atom stereocenters. The van der Waals surface area contributed by atoms with Crippen LogP contribution in [0.5, 0.6) is 0 Å². The topological polar surface area (TPSA) is 98.1 Å². The Morgan fingerprint density at radius 3 is 2.38 bits per heavy atom. The standard InChI is InChI=1S/C21H23N5O3/c1-16(29-14-18-10-6-3-7-11-18)20(28)24-21-23-15-26(25-21)13-19(27)22-12-17-8-4-2-5-9-17/h2-11,15-16H,12-14H2,1H3,(H,22,27)(H,24,25,28). The van der Waals surface area contributed by atoms with Gasteiger partial charge in [-0.2, -0.15) is 0 Å². The Balaban J connectivity index is 1.43. The molecule has 0 saturated carbocycles. The van der Waals surface area contributed by atoms with Gasteiger partial charge in [-0.05, 0) is 18.1 Å². The van der Waals surface area contributed by atoms with E-state index < -0.39 is 6.10 Å². The van der Waals surface area contributed by atoms with Crippen molar-refractivity contribution in [1.82, 2.24) is 20.1 Å². The molecule has 0 aliphatic rings. The van der Waals surface area contributed by atoms with E-state index in [1.54, 1.807) is 6.92 Å². The van der Waals surface area contributed by atoms with Gasteiger partial charge in [-0.15, -0.1) is 5.10 Å². The summed E-state index contributed by atoms with van der Waals surface area (Å²) in [6.45, 7) is 2.44. The maximum absolute atomic E-state index is 12.2. The summed E-state index contributed by atoms with van der Waals surface area (Å²) in [4.78, 5) is 28.3. The molecule has 2 aromatic carbocycles. The summed E-state index contributed by atoms with van der Waals surface area (Å²) in [6.07, 6.45) is 0.726. The van der Waals surface area contributed by atoms with Gasteiger partial charge in [-0.1, -0.05) is 60.7 Å². The number of hydrogen-bond donors (Lipinski definition) is 2. The first kappa shape index (κ1) is 20.2. The second kappa shape index (κ2) is 10.1. The van der Waals surface area contributed by atoms with Gasteiger partial charge in [-0.3, -0.25) is 14.9 Å². The van der Waals surface area contributed by atoms with Crippen LogP contribution in [0.3, 0.4) is 0 Å². The number of nitrogens with zero attached hydrogens (tertiary/aromatic N) is 3. The van der Waals surface area contributed by atoms with Crippen molar-refractivity contribution in [1.29, 1.82) is 0 Å². The van der Waals surface area contributed by atoms with Crippen LogP contribution in [0.4, 0.5) is 5.95 Å². The predicted molar refractivity (Wildman–Crippen MR) is 108 cm³/mol. The minimum Gasteiger partial charge on any atom is -0.364 e. The number of hydrogen-bond acceptors (Lipinski definition) is 5. The molecule has 3 rings (SSSR count). The monoisotopic (exact) mass is 393 g/mol. The van der Waals surface area contributed by atoms with Gasteiger partial charge < -0.3 is 10.1 Å². The molecule has 8 heteroatoms. The summed E-state index contributed by atoms with van der Waals surface area (Å²) in [7, 11) is 0. The highest BCUT2D eigenvalue weighted by molar-refractivity contribution is 5.92. The molecule has 0 aliphatic carbocycles. The summed E-state index contributed by atoms with van der Waals surface area (Å²) in [6, 6.07) is 19.2. The van der Waals surface area contributed by atoms with Crippen molar-refractivity contribution < 1.29 is 14.3 Å². The molecule has 0 saturated heterocycles. The lowest BCUT2D eigenvalue weighted by Crippen LogP contribution is -2.29. The number of amides is 2. The molecule has 0 radical (unpaired) electrons. The number of carbonyl (C=O) groups excluding carboxylic acids is 2. The number of rotatable bonds is 9. The van der Waals surface area contributed by atoms with E-state index in [4.69, 9.17) is 4.74 Å². The SMILES string of the molecule is CC(OCc1ccccc1)C(=O)Nc1ncn(CC(=O)NCc2ccccc2)n1.